The largest absolute Gasteiger partial charge is 0.284 e. The van der Waals surface area contributed by atoms with E-state index < -0.39 is 0 Å². The molecule has 122 valence electrons. The van der Waals surface area contributed by atoms with E-state index in [0.29, 0.717) is 11.7 Å². The lowest BCUT2D eigenvalue weighted by molar-refractivity contribution is -0.126. The topological polar surface area (TPSA) is 45.0 Å². The zero-order valence-corrected chi connectivity index (χ0v) is 15.5. The van der Waals surface area contributed by atoms with Crippen LogP contribution in [0.3, 0.4) is 0 Å². The molecule has 6 heteroatoms. The van der Waals surface area contributed by atoms with E-state index in [4.69, 9.17) is 0 Å². The number of halogens is 1. The lowest BCUT2D eigenvalue weighted by Crippen LogP contribution is -2.30. The fraction of sp³-hybridized carbons (Fsp3) is 0.167. The number of amides is 1. The molecule has 24 heavy (non-hydrogen) atoms. The molecule has 1 amide bonds. The average Bonchev–Trinajstić information content (AvgIpc) is 2.85. The normalized spacial score (nSPS) is 19.6. The van der Waals surface area contributed by atoms with Gasteiger partial charge in [0.1, 0.15) is 0 Å². The number of hydrogen-bond donors (Lipinski definition) is 0. The van der Waals surface area contributed by atoms with Crippen molar-refractivity contribution < 1.29 is 4.79 Å². The third-order valence-corrected chi connectivity index (χ3v) is 5.13. The van der Waals surface area contributed by atoms with Crippen LogP contribution in [-0.2, 0) is 11.3 Å². The molecule has 1 saturated heterocycles. The Morgan fingerprint density at radius 3 is 2.58 bits per heavy atom. The van der Waals surface area contributed by atoms with Crippen LogP contribution in [0.4, 0.5) is 0 Å². The minimum Gasteiger partial charge on any atom is -0.284 e. The fourth-order valence-corrected chi connectivity index (χ4v) is 3.45. The van der Waals surface area contributed by atoms with Gasteiger partial charge in [0, 0.05) is 4.47 Å². The van der Waals surface area contributed by atoms with Gasteiger partial charge in [-0.05, 0) is 30.2 Å². The minimum atomic E-state index is -0.129. The smallest absolute Gasteiger partial charge is 0.242 e. The molecular formula is C18H16BrN3OS. The third kappa shape index (κ3) is 4.13. The van der Waals surface area contributed by atoms with Crippen LogP contribution in [0.15, 0.2) is 69.3 Å². The Bertz CT molecular complexity index is 775. The number of thioether (sulfide) groups is 1. The SMILES string of the molecule is C[C@@H]1S/C(=N\N=C/c2ccc(Br)cc2)N(Cc2ccccc2)C1=O. The van der Waals surface area contributed by atoms with Gasteiger partial charge in [-0.25, -0.2) is 0 Å². The Morgan fingerprint density at radius 2 is 1.88 bits per heavy atom. The summed E-state index contributed by atoms with van der Waals surface area (Å²) in [6.45, 7) is 2.41. The van der Waals surface area contributed by atoms with Crippen molar-refractivity contribution in [3.63, 3.8) is 0 Å². The first kappa shape index (κ1) is 16.9. The van der Waals surface area contributed by atoms with Crippen molar-refractivity contribution in [1.29, 1.82) is 0 Å². The van der Waals surface area contributed by atoms with Crippen LogP contribution in [0.2, 0.25) is 0 Å². The Hall–Kier alpha value is -1.92. The fourth-order valence-electron chi connectivity index (χ4n) is 2.27. The van der Waals surface area contributed by atoms with Crippen LogP contribution in [-0.4, -0.2) is 27.4 Å². The lowest BCUT2D eigenvalue weighted by atomic mass is 10.2. The molecule has 0 aromatic heterocycles. The van der Waals surface area contributed by atoms with Gasteiger partial charge in [0.15, 0.2) is 5.17 Å². The number of amidine groups is 1. The number of hydrogen-bond acceptors (Lipinski definition) is 4. The van der Waals surface area contributed by atoms with E-state index in [0.717, 1.165) is 15.6 Å². The van der Waals surface area contributed by atoms with Crippen LogP contribution >= 0.6 is 27.7 Å². The molecule has 3 rings (SSSR count). The van der Waals surface area contributed by atoms with Gasteiger partial charge in [-0.15, -0.1) is 5.10 Å². The van der Waals surface area contributed by atoms with Crippen LogP contribution < -0.4 is 0 Å². The van der Waals surface area contributed by atoms with E-state index in [-0.39, 0.29) is 11.2 Å². The summed E-state index contributed by atoms with van der Waals surface area (Å²) in [7, 11) is 0. The molecule has 1 aliphatic heterocycles. The van der Waals surface area contributed by atoms with Crippen molar-refractivity contribution in [3.05, 3.63) is 70.2 Å². The van der Waals surface area contributed by atoms with Crippen molar-refractivity contribution in [1.82, 2.24) is 4.90 Å². The molecule has 0 saturated carbocycles. The highest BCUT2D eigenvalue weighted by molar-refractivity contribution is 9.10. The third-order valence-electron chi connectivity index (χ3n) is 3.53. The van der Waals surface area contributed by atoms with E-state index in [1.165, 1.54) is 11.8 Å². The molecule has 1 heterocycles. The van der Waals surface area contributed by atoms with Gasteiger partial charge in [-0.1, -0.05) is 70.2 Å². The summed E-state index contributed by atoms with van der Waals surface area (Å²) >= 11 is 4.84. The summed E-state index contributed by atoms with van der Waals surface area (Å²) in [4.78, 5) is 14.1. The van der Waals surface area contributed by atoms with Crippen molar-refractivity contribution >= 4 is 45.0 Å². The molecule has 4 nitrogen and oxygen atoms in total. The molecule has 1 aliphatic rings. The first-order valence-electron chi connectivity index (χ1n) is 7.52. The molecular weight excluding hydrogens is 386 g/mol. The second-order valence-electron chi connectivity index (χ2n) is 5.35. The summed E-state index contributed by atoms with van der Waals surface area (Å²) in [5, 5.41) is 8.92. The Balaban J connectivity index is 1.76. The van der Waals surface area contributed by atoms with Crippen LogP contribution in [0.25, 0.3) is 0 Å². The van der Waals surface area contributed by atoms with Gasteiger partial charge in [-0.3, -0.25) is 9.69 Å². The number of rotatable bonds is 4. The van der Waals surface area contributed by atoms with Gasteiger partial charge < -0.3 is 0 Å². The number of carbonyl (C=O) groups excluding carboxylic acids is 1. The molecule has 0 bridgehead atoms. The maximum atomic E-state index is 12.4. The second kappa shape index (κ2) is 7.77. The first-order valence-corrected chi connectivity index (χ1v) is 9.19. The predicted molar refractivity (Wildman–Crippen MR) is 103 cm³/mol. The van der Waals surface area contributed by atoms with E-state index in [1.807, 2.05) is 61.5 Å². The van der Waals surface area contributed by atoms with E-state index in [2.05, 4.69) is 26.1 Å². The van der Waals surface area contributed by atoms with Gasteiger partial charge in [-0.2, -0.15) is 5.10 Å². The number of benzene rings is 2. The predicted octanol–water partition coefficient (Wildman–Crippen LogP) is 4.30. The molecule has 2 aromatic rings. The van der Waals surface area contributed by atoms with Crippen molar-refractivity contribution in [2.24, 2.45) is 10.2 Å². The van der Waals surface area contributed by atoms with Crippen LogP contribution in [0.5, 0.6) is 0 Å². The van der Waals surface area contributed by atoms with Gasteiger partial charge >= 0.3 is 0 Å². The monoisotopic (exact) mass is 401 g/mol. The van der Waals surface area contributed by atoms with Gasteiger partial charge in [0.25, 0.3) is 0 Å². The molecule has 2 aromatic carbocycles. The highest BCUT2D eigenvalue weighted by Gasteiger charge is 2.35. The maximum Gasteiger partial charge on any atom is 0.242 e. The zero-order chi connectivity index (χ0) is 16.9. The molecule has 1 atom stereocenters. The standard InChI is InChI=1S/C18H16BrN3OS/c1-13-17(23)22(12-15-5-3-2-4-6-15)18(24-13)21-20-11-14-7-9-16(19)10-8-14/h2-11,13H,12H2,1H3/b20-11-,21-18-/t13-/m0/s1. The second-order valence-corrected chi connectivity index (χ2v) is 7.57. The van der Waals surface area contributed by atoms with Crippen LogP contribution in [0.1, 0.15) is 18.1 Å². The van der Waals surface area contributed by atoms with Crippen molar-refractivity contribution in [2.75, 3.05) is 0 Å². The highest BCUT2D eigenvalue weighted by Crippen LogP contribution is 2.28. The Labute approximate surface area is 153 Å². The highest BCUT2D eigenvalue weighted by atomic mass is 79.9. The summed E-state index contributed by atoms with van der Waals surface area (Å²) in [6.07, 6.45) is 1.69. The van der Waals surface area contributed by atoms with Crippen molar-refractivity contribution in [2.45, 2.75) is 18.7 Å². The zero-order valence-electron chi connectivity index (χ0n) is 13.1. The number of carbonyl (C=O) groups is 1. The minimum absolute atomic E-state index is 0.0708. The molecule has 0 radical (unpaired) electrons. The van der Waals surface area contributed by atoms with Crippen LogP contribution in [0, 0.1) is 0 Å². The molecule has 0 unspecified atom stereocenters. The molecule has 0 aliphatic carbocycles. The Kier molecular flexibility index (Phi) is 5.48. The summed E-state index contributed by atoms with van der Waals surface area (Å²) < 4.78 is 1.02. The lowest BCUT2D eigenvalue weighted by Gasteiger charge is -2.15. The summed E-state index contributed by atoms with van der Waals surface area (Å²) in [5.41, 5.74) is 2.03. The quantitative estimate of drug-likeness (QED) is 0.565. The summed E-state index contributed by atoms with van der Waals surface area (Å²) in [5.74, 6) is 0.0708. The molecule has 0 N–H and O–H groups in total. The van der Waals surface area contributed by atoms with Crippen molar-refractivity contribution in [3.8, 4) is 0 Å². The number of nitrogens with zero attached hydrogens (tertiary/aromatic N) is 3. The first-order chi connectivity index (χ1) is 11.6. The van der Waals surface area contributed by atoms with Gasteiger partial charge in [0.05, 0.1) is 18.0 Å². The summed E-state index contributed by atoms with van der Waals surface area (Å²) in [6, 6.07) is 17.7. The van der Waals surface area contributed by atoms with Gasteiger partial charge in [0.2, 0.25) is 5.91 Å². The van der Waals surface area contributed by atoms with E-state index in [1.54, 1.807) is 11.1 Å². The van der Waals surface area contributed by atoms with E-state index in [9.17, 15) is 4.79 Å². The Morgan fingerprint density at radius 1 is 1.17 bits per heavy atom. The maximum absolute atomic E-state index is 12.4. The molecule has 0 spiro atoms. The average molecular weight is 402 g/mol. The molecule has 1 fully saturated rings. The van der Waals surface area contributed by atoms with E-state index >= 15 is 0 Å².